The quantitative estimate of drug-likeness (QED) is 0.239. The van der Waals surface area contributed by atoms with E-state index in [9.17, 15) is 0 Å². The molecule has 6 aromatic rings. The molecule has 0 heteroatoms. The van der Waals surface area contributed by atoms with Crippen molar-refractivity contribution in [3.05, 3.63) is 143 Å². The maximum atomic E-state index is 2.47. The number of fused-ring (bicyclic) bond motifs is 4. The van der Waals surface area contributed by atoms with Crippen LogP contribution < -0.4 is 0 Å². The van der Waals surface area contributed by atoms with Crippen LogP contribution in [-0.4, -0.2) is 0 Å². The van der Waals surface area contributed by atoms with Gasteiger partial charge in [-0.2, -0.15) is 0 Å². The van der Waals surface area contributed by atoms with E-state index in [1.165, 1.54) is 83.6 Å². The Bertz CT molecular complexity index is 1850. The standard InChI is InChI=1S/C37H28/c1-2-13-31-27(8-1)22-29-19-18-25(33-14-6-16-35(31)37(29)33)9-3-7-24-17-20-32-30(21-24)23-28-12-4-10-26-11-5-15-34(32)36(26)28/h1-2,4-6,8,10-21H,3,7,9,22-23H2. The molecule has 8 rings (SSSR count). The molecule has 0 radical (unpaired) electrons. The number of rotatable bonds is 4. The van der Waals surface area contributed by atoms with Crippen LogP contribution in [0, 0.1) is 0 Å². The van der Waals surface area contributed by atoms with Gasteiger partial charge in [-0.25, -0.2) is 0 Å². The van der Waals surface area contributed by atoms with Crippen LogP contribution in [0.5, 0.6) is 0 Å². The van der Waals surface area contributed by atoms with Crippen molar-refractivity contribution in [3.8, 4) is 22.3 Å². The largest absolute Gasteiger partial charge is 0.0619 e. The molecule has 0 amide bonds. The monoisotopic (exact) mass is 472 g/mol. The lowest BCUT2D eigenvalue weighted by Gasteiger charge is -2.22. The van der Waals surface area contributed by atoms with Crippen molar-refractivity contribution in [1.29, 1.82) is 0 Å². The molecule has 0 N–H and O–H groups in total. The van der Waals surface area contributed by atoms with Crippen LogP contribution in [0.2, 0.25) is 0 Å². The first kappa shape index (κ1) is 21.0. The summed E-state index contributed by atoms with van der Waals surface area (Å²) in [6, 6.07) is 41.2. The first-order valence-corrected chi connectivity index (χ1v) is 13.6. The van der Waals surface area contributed by atoms with Crippen LogP contribution in [0.3, 0.4) is 0 Å². The van der Waals surface area contributed by atoms with E-state index in [1.807, 2.05) is 0 Å². The minimum Gasteiger partial charge on any atom is -0.0619 e. The Kier molecular flexibility index (Phi) is 4.64. The summed E-state index contributed by atoms with van der Waals surface area (Å²) in [6.07, 6.45) is 5.47. The average molecular weight is 473 g/mol. The molecule has 37 heavy (non-hydrogen) atoms. The SMILES string of the molecule is c1ccc2c(c1)Cc1ccc(CCCc3ccc4c(c3)Cc3cccc5cccc-4c35)c3cccc-2c13. The highest BCUT2D eigenvalue weighted by molar-refractivity contribution is 6.03. The van der Waals surface area contributed by atoms with Crippen molar-refractivity contribution in [2.24, 2.45) is 0 Å². The summed E-state index contributed by atoms with van der Waals surface area (Å²) < 4.78 is 0. The van der Waals surface area contributed by atoms with E-state index >= 15 is 0 Å². The van der Waals surface area contributed by atoms with E-state index in [2.05, 4.69) is 109 Å². The summed E-state index contributed by atoms with van der Waals surface area (Å²) in [7, 11) is 0. The number of hydrogen-bond acceptors (Lipinski definition) is 0. The molecular weight excluding hydrogens is 444 g/mol. The third-order valence-electron chi connectivity index (χ3n) is 8.65. The molecule has 176 valence electrons. The van der Waals surface area contributed by atoms with Crippen LogP contribution in [0.1, 0.15) is 39.8 Å². The van der Waals surface area contributed by atoms with Crippen LogP contribution >= 0.6 is 0 Å². The maximum absolute atomic E-state index is 2.47. The molecule has 0 fully saturated rings. The Labute approximate surface area is 218 Å². The molecule has 0 heterocycles. The zero-order valence-electron chi connectivity index (χ0n) is 20.9. The summed E-state index contributed by atoms with van der Waals surface area (Å²) in [6.45, 7) is 0. The van der Waals surface area contributed by atoms with Gasteiger partial charge in [0.1, 0.15) is 0 Å². The summed E-state index contributed by atoms with van der Waals surface area (Å²) in [5.74, 6) is 0. The Morgan fingerprint density at radius 2 is 1.16 bits per heavy atom. The highest BCUT2D eigenvalue weighted by atomic mass is 14.2. The number of hydrogen-bond donors (Lipinski definition) is 0. The van der Waals surface area contributed by atoms with Crippen molar-refractivity contribution in [3.63, 3.8) is 0 Å². The Morgan fingerprint density at radius 3 is 2.11 bits per heavy atom. The summed E-state index contributed by atoms with van der Waals surface area (Å²) in [4.78, 5) is 0. The fourth-order valence-corrected chi connectivity index (χ4v) is 6.96. The fraction of sp³-hybridized carbons (Fsp3) is 0.135. The highest BCUT2D eigenvalue weighted by Gasteiger charge is 2.20. The maximum Gasteiger partial charge on any atom is -0.00131 e. The van der Waals surface area contributed by atoms with Gasteiger partial charge < -0.3 is 0 Å². The zero-order chi connectivity index (χ0) is 24.3. The first-order chi connectivity index (χ1) is 18.3. The molecule has 0 unspecified atom stereocenters. The van der Waals surface area contributed by atoms with E-state index in [0.717, 1.165) is 25.7 Å². The molecule has 6 aromatic carbocycles. The third-order valence-corrected chi connectivity index (χ3v) is 8.65. The van der Waals surface area contributed by atoms with Gasteiger partial charge in [0, 0.05) is 0 Å². The van der Waals surface area contributed by atoms with Gasteiger partial charge in [-0.3, -0.25) is 0 Å². The topological polar surface area (TPSA) is 0 Å². The van der Waals surface area contributed by atoms with Crippen LogP contribution in [0.25, 0.3) is 43.8 Å². The second-order valence-electron chi connectivity index (χ2n) is 10.8. The van der Waals surface area contributed by atoms with Crippen LogP contribution in [0.4, 0.5) is 0 Å². The molecular formula is C37H28. The third kappa shape index (κ3) is 3.29. The molecule has 0 saturated carbocycles. The molecule has 2 aliphatic carbocycles. The van der Waals surface area contributed by atoms with E-state index in [-0.39, 0.29) is 0 Å². The van der Waals surface area contributed by atoms with Gasteiger partial charge in [0.25, 0.3) is 0 Å². The Hall–Kier alpha value is -4.16. The summed E-state index contributed by atoms with van der Waals surface area (Å²) >= 11 is 0. The minimum absolute atomic E-state index is 1.04. The van der Waals surface area contributed by atoms with Gasteiger partial charge in [-0.1, -0.05) is 109 Å². The van der Waals surface area contributed by atoms with Crippen LogP contribution in [-0.2, 0) is 25.7 Å². The second kappa shape index (κ2) is 8.18. The molecule has 0 spiro atoms. The molecule has 0 atom stereocenters. The first-order valence-electron chi connectivity index (χ1n) is 13.6. The van der Waals surface area contributed by atoms with Gasteiger partial charge in [0.2, 0.25) is 0 Å². The Balaban J connectivity index is 1.08. The van der Waals surface area contributed by atoms with E-state index in [0.29, 0.717) is 0 Å². The van der Waals surface area contributed by atoms with Crippen LogP contribution in [0.15, 0.2) is 109 Å². The lowest BCUT2D eigenvalue weighted by atomic mass is 9.82. The van der Waals surface area contributed by atoms with Crippen molar-refractivity contribution >= 4 is 21.5 Å². The van der Waals surface area contributed by atoms with Gasteiger partial charge in [-0.05, 0) is 109 Å². The molecule has 0 nitrogen and oxygen atoms in total. The molecule has 0 aliphatic heterocycles. The average Bonchev–Trinajstić information content (AvgIpc) is 2.94. The van der Waals surface area contributed by atoms with Crippen molar-refractivity contribution < 1.29 is 0 Å². The van der Waals surface area contributed by atoms with Gasteiger partial charge >= 0.3 is 0 Å². The molecule has 0 bridgehead atoms. The highest BCUT2D eigenvalue weighted by Crippen LogP contribution is 2.41. The lowest BCUT2D eigenvalue weighted by Crippen LogP contribution is -2.03. The van der Waals surface area contributed by atoms with Crippen molar-refractivity contribution in [2.45, 2.75) is 32.1 Å². The van der Waals surface area contributed by atoms with E-state index in [4.69, 9.17) is 0 Å². The second-order valence-corrected chi connectivity index (χ2v) is 10.8. The van der Waals surface area contributed by atoms with Crippen molar-refractivity contribution in [1.82, 2.24) is 0 Å². The number of aryl methyl sites for hydroxylation is 2. The summed E-state index contributed by atoms with van der Waals surface area (Å²) in [5.41, 5.74) is 14.4. The normalized spacial score (nSPS) is 13.0. The minimum atomic E-state index is 1.04. The number of benzene rings is 6. The smallest absolute Gasteiger partial charge is 0.00131 e. The summed E-state index contributed by atoms with van der Waals surface area (Å²) in [5, 5.41) is 5.71. The van der Waals surface area contributed by atoms with Gasteiger partial charge in [0.15, 0.2) is 0 Å². The lowest BCUT2D eigenvalue weighted by molar-refractivity contribution is 0.823. The molecule has 2 aliphatic rings. The van der Waals surface area contributed by atoms with Crippen molar-refractivity contribution in [2.75, 3.05) is 0 Å². The zero-order valence-corrected chi connectivity index (χ0v) is 20.9. The predicted octanol–water partition coefficient (Wildman–Crippen LogP) is 9.31. The molecule has 0 aromatic heterocycles. The van der Waals surface area contributed by atoms with Gasteiger partial charge in [0.05, 0.1) is 0 Å². The van der Waals surface area contributed by atoms with Gasteiger partial charge in [-0.15, -0.1) is 0 Å². The Morgan fingerprint density at radius 1 is 0.459 bits per heavy atom. The fourth-order valence-electron chi connectivity index (χ4n) is 6.96. The predicted molar refractivity (Wildman–Crippen MR) is 156 cm³/mol. The molecule has 0 saturated heterocycles. The van der Waals surface area contributed by atoms with E-state index in [1.54, 1.807) is 0 Å². The van der Waals surface area contributed by atoms with E-state index < -0.39 is 0 Å².